The summed E-state index contributed by atoms with van der Waals surface area (Å²) in [6, 6.07) is 7.48. The number of rotatable bonds is 11. The van der Waals surface area contributed by atoms with Gasteiger partial charge in [0.2, 0.25) is 5.91 Å². The summed E-state index contributed by atoms with van der Waals surface area (Å²) in [6.07, 6.45) is 0.485. The van der Waals surface area contributed by atoms with Gasteiger partial charge in [-0.05, 0) is 68.2 Å². The van der Waals surface area contributed by atoms with Gasteiger partial charge >= 0.3 is 5.97 Å². The van der Waals surface area contributed by atoms with Crippen molar-refractivity contribution in [1.82, 2.24) is 25.5 Å². The Morgan fingerprint density at radius 3 is 2.43 bits per heavy atom. The van der Waals surface area contributed by atoms with E-state index in [1.54, 1.807) is 19.1 Å². The summed E-state index contributed by atoms with van der Waals surface area (Å²) in [5, 5.41) is 17.5. The summed E-state index contributed by atoms with van der Waals surface area (Å²) in [5.74, 6) is -2.81. The number of amides is 3. The number of carboxylic acids is 1. The maximum atomic E-state index is 15.3. The fraction of sp³-hybridized carbons (Fsp3) is 0.367. The van der Waals surface area contributed by atoms with E-state index in [0.29, 0.717) is 40.3 Å². The monoisotopic (exact) mass is 576 g/mol. The molecular weight excluding hydrogens is 543 g/mol. The molecule has 0 unspecified atom stereocenters. The lowest BCUT2D eigenvalue weighted by Gasteiger charge is -2.17. The minimum Gasteiger partial charge on any atom is -0.480 e. The molecule has 2 aliphatic rings. The van der Waals surface area contributed by atoms with Crippen molar-refractivity contribution in [2.24, 2.45) is 5.41 Å². The molecule has 3 aromatic rings. The molecule has 2 heterocycles. The number of fused-ring (bicyclic) bond motifs is 1. The Balaban J connectivity index is 1.40. The van der Waals surface area contributed by atoms with Crippen LogP contribution in [-0.4, -0.2) is 69.8 Å². The van der Waals surface area contributed by atoms with Crippen LogP contribution in [0.15, 0.2) is 30.3 Å². The van der Waals surface area contributed by atoms with Crippen LogP contribution in [0, 0.1) is 18.2 Å². The number of carboxylic acid groups (broad SMARTS) is 1. The number of aliphatic carboxylic acids is 1. The lowest BCUT2D eigenvalue weighted by Crippen LogP contribution is -2.35. The molecule has 5 N–H and O–H groups in total. The molecule has 1 saturated carbocycles. The molecule has 2 aromatic carbocycles. The minimum atomic E-state index is -1.45. The zero-order chi connectivity index (χ0) is 30.2. The van der Waals surface area contributed by atoms with Crippen molar-refractivity contribution in [3.8, 4) is 22.5 Å². The van der Waals surface area contributed by atoms with E-state index in [2.05, 4.69) is 44.7 Å². The van der Waals surface area contributed by atoms with E-state index in [1.807, 2.05) is 0 Å². The molecule has 12 heteroatoms. The van der Waals surface area contributed by atoms with Crippen molar-refractivity contribution >= 4 is 29.4 Å². The molecule has 220 valence electrons. The molecular formula is C30H33FN6O5. The number of imidazole rings is 1. The summed E-state index contributed by atoms with van der Waals surface area (Å²) in [7, 11) is 0. The molecule has 11 nitrogen and oxygen atoms in total. The van der Waals surface area contributed by atoms with E-state index in [0.717, 1.165) is 25.7 Å². The van der Waals surface area contributed by atoms with Gasteiger partial charge in [-0.2, -0.15) is 0 Å². The third-order valence-electron chi connectivity index (χ3n) is 8.04. The number of nitrogens with zero attached hydrogens (tertiary/aromatic N) is 2. The van der Waals surface area contributed by atoms with Crippen LogP contribution in [0.1, 0.15) is 58.8 Å². The van der Waals surface area contributed by atoms with Gasteiger partial charge in [-0.25, -0.2) is 9.37 Å². The third-order valence-corrected chi connectivity index (χ3v) is 8.04. The average molecular weight is 577 g/mol. The summed E-state index contributed by atoms with van der Waals surface area (Å²) in [6.45, 7) is 9.01. The Morgan fingerprint density at radius 1 is 1.10 bits per heavy atom. The fourth-order valence-electron chi connectivity index (χ4n) is 5.28. The van der Waals surface area contributed by atoms with E-state index in [4.69, 9.17) is 0 Å². The first-order chi connectivity index (χ1) is 20.1. The summed E-state index contributed by atoms with van der Waals surface area (Å²) < 4.78 is 15.3. The highest BCUT2D eigenvalue weighted by Crippen LogP contribution is 2.47. The maximum absolute atomic E-state index is 15.3. The Bertz CT molecular complexity index is 1590. The quantitative estimate of drug-likeness (QED) is 0.219. The number of halogens is 1. The lowest BCUT2D eigenvalue weighted by molar-refractivity contribution is -0.147. The number of H-pyrrole nitrogens is 1. The molecule has 1 fully saturated rings. The topological polar surface area (TPSA) is 157 Å². The van der Waals surface area contributed by atoms with Crippen molar-refractivity contribution in [2.75, 3.05) is 31.5 Å². The number of hydrogen-bond acceptors (Lipinski definition) is 6. The molecule has 0 radical (unpaired) electrons. The van der Waals surface area contributed by atoms with E-state index in [-0.39, 0.29) is 48.1 Å². The van der Waals surface area contributed by atoms with Crippen LogP contribution in [0.5, 0.6) is 0 Å². The number of anilines is 1. The molecule has 0 bridgehead atoms. The van der Waals surface area contributed by atoms with Crippen LogP contribution in [0.2, 0.25) is 0 Å². The number of likely N-dealkylation sites (N-methyl/N-ethyl adjacent to an activating group) is 1. The van der Waals surface area contributed by atoms with Gasteiger partial charge in [0.25, 0.3) is 11.8 Å². The van der Waals surface area contributed by atoms with Crippen LogP contribution < -0.4 is 16.0 Å². The Kier molecular flexibility index (Phi) is 7.83. The van der Waals surface area contributed by atoms with Crippen molar-refractivity contribution in [1.29, 1.82) is 0 Å². The van der Waals surface area contributed by atoms with Gasteiger partial charge in [0.15, 0.2) is 0 Å². The van der Waals surface area contributed by atoms with Gasteiger partial charge in [0.05, 0.1) is 5.56 Å². The number of aromatic amines is 1. The first-order valence-corrected chi connectivity index (χ1v) is 14.0. The van der Waals surface area contributed by atoms with E-state index in [9.17, 15) is 24.3 Å². The second-order valence-electron chi connectivity index (χ2n) is 10.6. The molecule has 0 spiro atoms. The molecule has 5 rings (SSSR count). The SMILES string of the molecule is CCN(CC)CCNC(=O)c1nc(-c2ccc(-c3ccc(NC(=O)C4(C(=O)O)CC4)cc3F)c3c2C(=O)NC3)[nH]c1C. The van der Waals surface area contributed by atoms with Crippen molar-refractivity contribution in [2.45, 2.75) is 40.2 Å². The number of aromatic nitrogens is 2. The first kappa shape index (κ1) is 28.9. The molecule has 1 aliphatic heterocycles. The first-order valence-electron chi connectivity index (χ1n) is 14.0. The van der Waals surface area contributed by atoms with Gasteiger partial charge in [0, 0.05) is 42.1 Å². The third kappa shape index (κ3) is 5.25. The van der Waals surface area contributed by atoms with E-state index >= 15 is 4.39 Å². The molecule has 1 aromatic heterocycles. The van der Waals surface area contributed by atoms with Crippen LogP contribution >= 0.6 is 0 Å². The smallest absolute Gasteiger partial charge is 0.319 e. The highest BCUT2D eigenvalue weighted by atomic mass is 19.1. The van der Waals surface area contributed by atoms with Crippen LogP contribution in [0.3, 0.4) is 0 Å². The predicted octanol–water partition coefficient (Wildman–Crippen LogP) is 3.31. The number of carbonyl (C=O) groups is 4. The summed E-state index contributed by atoms with van der Waals surface area (Å²) in [5.41, 5.74) is 1.60. The average Bonchev–Trinajstić information content (AvgIpc) is 3.58. The van der Waals surface area contributed by atoms with Gasteiger partial charge in [-0.1, -0.05) is 19.9 Å². The van der Waals surface area contributed by atoms with E-state index in [1.165, 1.54) is 12.1 Å². The maximum Gasteiger partial charge on any atom is 0.319 e. The van der Waals surface area contributed by atoms with Gasteiger partial charge in [-0.15, -0.1) is 0 Å². The highest BCUT2D eigenvalue weighted by molar-refractivity contribution is 6.11. The van der Waals surface area contributed by atoms with Gasteiger partial charge in [-0.3, -0.25) is 19.2 Å². The van der Waals surface area contributed by atoms with Gasteiger partial charge in [0.1, 0.15) is 22.8 Å². The number of carbonyl (C=O) groups excluding carboxylic acids is 3. The molecule has 42 heavy (non-hydrogen) atoms. The number of benzene rings is 2. The second-order valence-corrected chi connectivity index (χ2v) is 10.6. The fourth-order valence-corrected chi connectivity index (χ4v) is 5.28. The number of nitrogens with one attached hydrogen (secondary N) is 4. The zero-order valence-corrected chi connectivity index (χ0v) is 23.7. The Labute approximate surface area is 241 Å². The van der Waals surface area contributed by atoms with Crippen molar-refractivity contribution in [3.05, 3.63) is 58.7 Å². The predicted molar refractivity (Wildman–Crippen MR) is 153 cm³/mol. The Hall–Kier alpha value is -4.58. The minimum absolute atomic E-state index is 0.144. The van der Waals surface area contributed by atoms with Crippen LogP contribution in [0.25, 0.3) is 22.5 Å². The van der Waals surface area contributed by atoms with Crippen molar-refractivity contribution in [3.63, 3.8) is 0 Å². The number of hydrogen-bond donors (Lipinski definition) is 5. The van der Waals surface area contributed by atoms with E-state index < -0.39 is 23.1 Å². The van der Waals surface area contributed by atoms with Crippen molar-refractivity contribution < 1.29 is 28.7 Å². The molecule has 0 saturated heterocycles. The highest BCUT2D eigenvalue weighted by Gasteiger charge is 2.57. The Morgan fingerprint density at radius 2 is 1.79 bits per heavy atom. The zero-order valence-electron chi connectivity index (χ0n) is 23.7. The summed E-state index contributed by atoms with van der Waals surface area (Å²) in [4.78, 5) is 59.5. The normalized spacial score (nSPS) is 14.8. The van der Waals surface area contributed by atoms with Crippen LogP contribution in [0.4, 0.5) is 10.1 Å². The second kappa shape index (κ2) is 11.4. The molecule has 0 atom stereocenters. The molecule has 1 aliphatic carbocycles. The van der Waals surface area contributed by atoms with Crippen LogP contribution in [-0.2, 0) is 16.1 Å². The summed E-state index contributed by atoms with van der Waals surface area (Å²) >= 11 is 0. The largest absolute Gasteiger partial charge is 0.480 e. The number of aryl methyl sites for hydroxylation is 1. The van der Waals surface area contributed by atoms with Gasteiger partial charge < -0.3 is 30.9 Å². The molecule has 3 amide bonds. The standard InChI is InChI=1S/C30H33FN6O5/c1-4-37(5-2)13-12-32-27(39)24-16(3)34-25(36-24)20-9-8-18(21-15-33-26(38)23(20)21)19-7-6-17(14-22(19)31)35-28(40)30(10-11-30)29(41)42/h6-9,14H,4-5,10-13,15H2,1-3H3,(H,32,39)(H,33,38)(H,34,36)(H,35,40)(H,41,42). The lowest BCUT2D eigenvalue weighted by atomic mass is 9.92.